The van der Waals surface area contributed by atoms with Gasteiger partial charge < -0.3 is 25.7 Å². The van der Waals surface area contributed by atoms with Crippen LogP contribution in [0.25, 0.3) is 22.3 Å². The average Bonchev–Trinajstić information content (AvgIpc) is 3.42. The molecule has 0 radical (unpaired) electrons. The van der Waals surface area contributed by atoms with E-state index in [0.29, 0.717) is 16.8 Å². The van der Waals surface area contributed by atoms with Crippen molar-refractivity contribution in [3.63, 3.8) is 0 Å². The van der Waals surface area contributed by atoms with E-state index in [1.54, 1.807) is 12.5 Å². The van der Waals surface area contributed by atoms with Crippen LogP contribution in [-0.2, 0) is 11.3 Å². The minimum absolute atomic E-state index is 0.223. The molecule has 1 spiro atoms. The fraction of sp³-hybridized carbons (Fsp3) is 0.419. The molecule has 212 valence electrons. The van der Waals surface area contributed by atoms with Gasteiger partial charge in [0.05, 0.1) is 5.39 Å². The van der Waals surface area contributed by atoms with E-state index < -0.39 is 0 Å². The number of ether oxygens (including phenoxy) is 1. The first-order chi connectivity index (χ1) is 20.0. The summed E-state index contributed by atoms with van der Waals surface area (Å²) in [6.07, 6.45) is 7.76. The SMILES string of the molecule is N[C@@H]1CCCN(Cc2ccnc(C(=O)Nc3ccc(-c4cc5c(N6CC7(CCOCC7)C6)ncnc5[nH]4)cc3)c2)C1. The number of nitrogens with one attached hydrogen (secondary N) is 2. The second kappa shape index (κ2) is 10.8. The second-order valence-electron chi connectivity index (χ2n) is 11.8. The molecule has 0 aliphatic carbocycles. The molecule has 3 saturated heterocycles. The van der Waals surface area contributed by atoms with Crippen molar-refractivity contribution in [1.29, 1.82) is 0 Å². The summed E-state index contributed by atoms with van der Waals surface area (Å²) in [5, 5.41) is 4.01. The number of rotatable bonds is 6. The van der Waals surface area contributed by atoms with Gasteiger partial charge in [-0.2, -0.15) is 0 Å². The van der Waals surface area contributed by atoms with Gasteiger partial charge in [-0.05, 0) is 73.7 Å². The van der Waals surface area contributed by atoms with Gasteiger partial charge in [0.1, 0.15) is 23.5 Å². The summed E-state index contributed by atoms with van der Waals surface area (Å²) in [4.78, 5) is 34.6. The third-order valence-corrected chi connectivity index (χ3v) is 8.77. The zero-order valence-electron chi connectivity index (χ0n) is 23.2. The first kappa shape index (κ1) is 26.1. The van der Waals surface area contributed by atoms with Crippen molar-refractivity contribution in [2.24, 2.45) is 11.1 Å². The molecule has 0 unspecified atom stereocenters. The maximum atomic E-state index is 13.0. The van der Waals surface area contributed by atoms with E-state index in [0.717, 1.165) is 105 Å². The highest BCUT2D eigenvalue weighted by Crippen LogP contribution is 2.43. The molecular weight excluding hydrogens is 516 g/mol. The Morgan fingerprint density at radius 3 is 2.73 bits per heavy atom. The molecule has 4 N–H and O–H groups in total. The Morgan fingerprint density at radius 2 is 1.93 bits per heavy atom. The van der Waals surface area contributed by atoms with Crippen molar-refractivity contribution in [3.05, 3.63) is 66.2 Å². The third kappa shape index (κ3) is 5.42. The van der Waals surface area contributed by atoms with Crippen molar-refractivity contribution in [2.75, 3.05) is 49.6 Å². The number of benzene rings is 1. The number of piperidine rings is 1. The second-order valence-corrected chi connectivity index (χ2v) is 11.8. The van der Waals surface area contributed by atoms with Gasteiger partial charge >= 0.3 is 0 Å². The number of carbonyl (C=O) groups is 1. The molecule has 10 nitrogen and oxygen atoms in total. The molecule has 3 fully saturated rings. The van der Waals surface area contributed by atoms with E-state index in [2.05, 4.69) is 41.1 Å². The maximum absolute atomic E-state index is 13.0. The molecule has 0 bridgehead atoms. The summed E-state index contributed by atoms with van der Waals surface area (Å²) < 4.78 is 5.57. The van der Waals surface area contributed by atoms with Crippen molar-refractivity contribution < 1.29 is 9.53 Å². The Hall–Kier alpha value is -3.86. The Morgan fingerprint density at radius 1 is 1.10 bits per heavy atom. The van der Waals surface area contributed by atoms with E-state index in [1.165, 1.54) is 0 Å². The van der Waals surface area contributed by atoms with Gasteiger partial charge in [-0.1, -0.05) is 12.1 Å². The number of amides is 1. The van der Waals surface area contributed by atoms with Crippen LogP contribution in [-0.4, -0.2) is 76.2 Å². The van der Waals surface area contributed by atoms with Crippen LogP contribution in [0.3, 0.4) is 0 Å². The number of hydrogen-bond acceptors (Lipinski definition) is 8. The van der Waals surface area contributed by atoms with E-state index in [4.69, 9.17) is 10.5 Å². The van der Waals surface area contributed by atoms with Crippen LogP contribution in [0.2, 0.25) is 0 Å². The van der Waals surface area contributed by atoms with E-state index in [1.807, 2.05) is 36.4 Å². The standard InChI is InChI=1S/C31H36N8O2/c32-23-2-1-11-38(17-23)16-21-7-10-33-27(14-21)30(40)36-24-5-3-22(4-6-24)26-15-25-28(37-26)34-20-35-29(25)39-18-31(19-39)8-12-41-13-9-31/h3-7,10,14-15,20,23H,1-2,8-9,11-13,16-19,32H2,(H,36,40)(H,34,35,37)/t23-/m1/s1. The van der Waals surface area contributed by atoms with Gasteiger partial charge in [0.2, 0.25) is 0 Å². The maximum Gasteiger partial charge on any atom is 0.274 e. The number of carbonyl (C=O) groups excluding carboxylic acids is 1. The Kier molecular flexibility index (Phi) is 6.90. The van der Waals surface area contributed by atoms with Crippen molar-refractivity contribution in [3.8, 4) is 11.3 Å². The smallest absolute Gasteiger partial charge is 0.274 e. The molecule has 1 amide bonds. The molecule has 4 aromatic rings. The number of nitrogens with zero attached hydrogens (tertiary/aromatic N) is 5. The van der Waals surface area contributed by atoms with Gasteiger partial charge in [0.25, 0.3) is 5.91 Å². The number of nitrogens with two attached hydrogens (primary N) is 1. The predicted octanol–water partition coefficient (Wildman–Crippen LogP) is 3.81. The largest absolute Gasteiger partial charge is 0.381 e. The van der Waals surface area contributed by atoms with Gasteiger partial charge in [0.15, 0.2) is 0 Å². The fourth-order valence-corrected chi connectivity index (χ4v) is 6.49. The lowest BCUT2D eigenvalue weighted by atomic mass is 9.73. The summed E-state index contributed by atoms with van der Waals surface area (Å²) >= 11 is 0. The number of hydrogen-bond donors (Lipinski definition) is 3. The van der Waals surface area contributed by atoms with Gasteiger partial charge in [0, 0.05) is 68.4 Å². The zero-order valence-corrected chi connectivity index (χ0v) is 23.2. The zero-order chi connectivity index (χ0) is 27.8. The molecular formula is C31H36N8O2. The summed E-state index contributed by atoms with van der Waals surface area (Å²) in [5.74, 6) is 0.758. The van der Waals surface area contributed by atoms with Crippen LogP contribution < -0.4 is 16.0 Å². The lowest BCUT2D eigenvalue weighted by Gasteiger charge is -2.52. The minimum atomic E-state index is -0.225. The molecule has 3 aliphatic rings. The van der Waals surface area contributed by atoms with Crippen molar-refractivity contribution >= 4 is 28.4 Å². The molecule has 41 heavy (non-hydrogen) atoms. The van der Waals surface area contributed by atoms with E-state index in [9.17, 15) is 4.79 Å². The number of likely N-dealkylation sites (tertiary alicyclic amines) is 1. The average molecular weight is 553 g/mol. The molecule has 6 heterocycles. The fourth-order valence-electron chi connectivity index (χ4n) is 6.49. The lowest BCUT2D eigenvalue weighted by Crippen LogP contribution is -2.58. The number of pyridine rings is 1. The van der Waals surface area contributed by atoms with Crippen LogP contribution in [0.15, 0.2) is 55.0 Å². The first-order valence-electron chi connectivity index (χ1n) is 14.5. The Bertz CT molecular complexity index is 1540. The third-order valence-electron chi connectivity index (χ3n) is 8.77. The molecule has 7 rings (SSSR count). The quantitative estimate of drug-likeness (QED) is 0.330. The number of fused-ring (bicyclic) bond motifs is 1. The molecule has 3 aliphatic heterocycles. The normalized spacial score (nSPS) is 20.7. The minimum Gasteiger partial charge on any atom is -0.381 e. The number of aromatic amines is 1. The van der Waals surface area contributed by atoms with Gasteiger partial charge in [-0.25, -0.2) is 9.97 Å². The van der Waals surface area contributed by atoms with E-state index in [-0.39, 0.29) is 11.9 Å². The highest BCUT2D eigenvalue weighted by Gasteiger charge is 2.44. The monoisotopic (exact) mass is 552 g/mol. The number of anilines is 2. The van der Waals surface area contributed by atoms with Crippen LogP contribution in [0, 0.1) is 5.41 Å². The van der Waals surface area contributed by atoms with Crippen molar-refractivity contribution in [1.82, 2.24) is 24.8 Å². The van der Waals surface area contributed by atoms with E-state index >= 15 is 0 Å². The van der Waals surface area contributed by atoms with Crippen LogP contribution >= 0.6 is 0 Å². The summed E-state index contributed by atoms with van der Waals surface area (Å²) in [5.41, 5.74) is 11.5. The Labute approximate surface area is 239 Å². The summed E-state index contributed by atoms with van der Waals surface area (Å²) in [6.45, 7) is 6.43. The molecule has 0 saturated carbocycles. The predicted molar refractivity (Wildman–Crippen MR) is 159 cm³/mol. The highest BCUT2D eigenvalue weighted by atomic mass is 16.5. The number of H-pyrrole nitrogens is 1. The molecule has 1 atom stereocenters. The molecule has 1 aromatic carbocycles. The Balaban J connectivity index is 1.02. The lowest BCUT2D eigenvalue weighted by molar-refractivity contribution is -0.000361. The topological polar surface area (TPSA) is 125 Å². The summed E-state index contributed by atoms with van der Waals surface area (Å²) in [6, 6.07) is 14.0. The molecule has 3 aromatic heterocycles. The van der Waals surface area contributed by atoms with Crippen molar-refractivity contribution in [2.45, 2.75) is 38.3 Å². The van der Waals surface area contributed by atoms with Crippen LogP contribution in [0.5, 0.6) is 0 Å². The summed E-state index contributed by atoms with van der Waals surface area (Å²) in [7, 11) is 0. The van der Waals surface area contributed by atoms with Gasteiger partial charge in [-0.15, -0.1) is 0 Å². The molecule has 10 heteroatoms. The van der Waals surface area contributed by atoms with Crippen LogP contribution in [0.4, 0.5) is 11.5 Å². The number of aromatic nitrogens is 4. The van der Waals surface area contributed by atoms with Crippen LogP contribution in [0.1, 0.15) is 41.7 Å². The van der Waals surface area contributed by atoms with Gasteiger partial charge in [-0.3, -0.25) is 14.7 Å². The first-order valence-corrected chi connectivity index (χ1v) is 14.5. The highest BCUT2D eigenvalue weighted by molar-refractivity contribution is 6.03.